The van der Waals surface area contributed by atoms with Crippen molar-refractivity contribution in [1.29, 1.82) is 0 Å². The molecule has 1 aliphatic heterocycles. The van der Waals surface area contributed by atoms with Crippen LogP contribution in [-0.2, 0) is 4.74 Å². The molecule has 0 radical (unpaired) electrons. The van der Waals surface area contributed by atoms with Crippen LogP contribution in [0.15, 0.2) is 46.3 Å². The van der Waals surface area contributed by atoms with Gasteiger partial charge in [-0.15, -0.1) is 0 Å². The Labute approximate surface area is 116 Å². The van der Waals surface area contributed by atoms with E-state index in [0.717, 1.165) is 6.61 Å². The lowest BCUT2D eigenvalue weighted by Gasteiger charge is -2.47. The molecule has 0 saturated heterocycles. The van der Waals surface area contributed by atoms with E-state index in [0.29, 0.717) is 5.92 Å². The number of ether oxygens (including phenoxy) is 1. The molecule has 1 nitrogen and oxygen atoms in total. The van der Waals surface area contributed by atoms with Crippen LogP contribution < -0.4 is 0 Å². The third-order valence-electron chi connectivity index (χ3n) is 5.45. The maximum absolute atomic E-state index is 5.56. The highest BCUT2D eigenvalue weighted by atomic mass is 16.5. The summed E-state index contributed by atoms with van der Waals surface area (Å²) in [6.07, 6.45) is 6.73. The molecule has 19 heavy (non-hydrogen) atoms. The Hall–Kier alpha value is -1.24. The van der Waals surface area contributed by atoms with Crippen LogP contribution in [0.3, 0.4) is 0 Å². The van der Waals surface area contributed by atoms with Gasteiger partial charge in [-0.25, -0.2) is 0 Å². The highest BCUT2D eigenvalue weighted by molar-refractivity contribution is 5.68. The Morgan fingerprint density at radius 1 is 1.21 bits per heavy atom. The van der Waals surface area contributed by atoms with Gasteiger partial charge >= 0.3 is 0 Å². The first-order valence-electron chi connectivity index (χ1n) is 7.23. The molecule has 0 N–H and O–H groups in total. The summed E-state index contributed by atoms with van der Waals surface area (Å²) in [4.78, 5) is 0. The molecular formula is C18H24O. The van der Waals surface area contributed by atoms with Crippen LogP contribution in [0, 0.1) is 16.7 Å². The highest BCUT2D eigenvalue weighted by Crippen LogP contribution is 2.57. The topological polar surface area (TPSA) is 9.23 Å². The zero-order valence-electron chi connectivity index (χ0n) is 12.9. The van der Waals surface area contributed by atoms with E-state index in [1.807, 2.05) is 6.26 Å². The predicted molar refractivity (Wildman–Crippen MR) is 79.6 cm³/mol. The highest BCUT2D eigenvalue weighted by Gasteiger charge is 2.47. The monoisotopic (exact) mass is 256 g/mol. The Morgan fingerprint density at radius 3 is 2.58 bits per heavy atom. The Morgan fingerprint density at radius 2 is 1.89 bits per heavy atom. The quantitative estimate of drug-likeness (QED) is 0.605. The second kappa shape index (κ2) is 3.65. The standard InChI is InChI=1S/C18H24O/c1-11-9-19-10-14-7-13-8-17(3,4)12(2)18(5,6)16(13)15(11)14/h7-9,12H,10H2,1-6H3. The molecule has 102 valence electrons. The maximum atomic E-state index is 5.56. The zero-order chi connectivity index (χ0) is 14.0. The van der Waals surface area contributed by atoms with E-state index >= 15 is 0 Å². The van der Waals surface area contributed by atoms with E-state index in [1.165, 1.54) is 27.9 Å². The van der Waals surface area contributed by atoms with Crippen molar-refractivity contribution in [1.82, 2.24) is 0 Å². The number of allylic oxidation sites excluding steroid dienone is 5. The van der Waals surface area contributed by atoms with Crippen molar-refractivity contribution in [3.63, 3.8) is 0 Å². The smallest absolute Gasteiger partial charge is 0.113 e. The Bertz CT molecular complexity index is 564. The molecule has 0 aromatic carbocycles. The van der Waals surface area contributed by atoms with Crippen LogP contribution in [0.5, 0.6) is 0 Å². The summed E-state index contributed by atoms with van der Waals surface area (Å²) in [7, 11) is 0. The van der Waals surface area contributed by atoms with Crippen LogP contribution in [-0.4, -0.2) is 6.61 Å². The number of rotatable bonds is 0. The number of fused-ring (bicyclic) bond motifs is 2. The molecule has 3 rings (SSSR count). The van der Waals surface area contributed by atoms with Crippen LogP contribution in [0.2, 0.25) is 0 Å². The largest absolute Gasteiger partial charge is 0.496 e. The minimum Gasteiger partial charge on any atom is -0.496 e. The summed E-state index contributed by atoms with van der Waals surface area (Å²) in [6.45, 7) is 14.8. The van der Waals surface area contributed by atoms with Crippen LogP contribution in [0.25, 0.3) is 0 Å². The van der Waals surface area contributed by atoms with Gasteiger partial charge in [0, 0.05) is 0 Å². The van der Waals surface area contributed by atoms with Gasteiger partial charge in [0.2, 0.25) is 0 Å². The van der Waals surface area contributed by atoms with Crippen molar-refractivity contribution in [2.24, 2.45) is 16.7 Å². The average molecular weight is 256 g/mol. The average Bonchev–Trinajstić information content (AvgIpc) is 2.66. The minimum atomic E-state index is 0.202. The van der Waals surface area contributed by atoms with Crippen molar-refractivity contribution in [3.8, 4) is 0 Å². The molecule has 0 spiro atoms. The Kier molecular flexibility index (Phi) is 2.46. The van der Waals surface area contributed by atoms with Crippen molar-refractivity contribution < 1.29 is 4.74 Å². The first-order valence-corrected chi connectivity index (χ1v) is 7.23. The third kappa shape index (κ3) is 1.60. The second-order valence-corrected chi connectivity index (χ2v) is 7.40. The van der Waals surface area contributed by atoms with Crippen LogP contribution in [0.1, 0.15) is 41.5 Å². The molecule has 0 aromatic heterocycles. The fraction of sp³-hybridized carbons (Fsp3) is 0.556. The van der Waals surface area contributed by atoms with E-state index in [4.69, 9.17) is 4.74 Å². The van der Waals surface area contributed by atoms with Gasteiger partial charge in [0.15, 0.2) is 0 Å². The molecule has 1 atom stereocenters. The Balaban J connectivity index is 2.29. The van der Waals surface area contributed by atoms with Crippen LogP contribution in [0.4, 0.5) is 0 Å². The van der Waals surface area contributed by atoms with E-state index < -0.39 is 0 Å². The molecular weight excluding hydrogens is 232 g/mol. The van der Waals surface area contributed by atoms with Crippen molar-refractivity contribution >= 4 is 0 Å². The molecule has 3 aliphatic rings. The lowest BCUT2D eigenvalue weighted by atomic mass is 9.57. The SMILES string of the molecule is CC1=COCC2=CC3=CC(C)(C)C(C)C(C)(C)C3=C12. The first-order chi connectivity index (χ1) is 8.75. The molecule has 0 amide bonds. The van der Waals surface area contributed by atoms with E-state index in [2.05, 4.69) is 53.7 Å². The van der Waals surface area contributed by atoms with Gasteiger partial charge in [-0.1, -0.05) is 40.7 Å². The number of hydrogen-bond donors (Lipinski definition) is 0. The second-order valence-electron chi connectivity index (χ2n) is 7.40. The van der Waals surface area contributed by atoms with E-state index in [-0.39, 0.29) is 10.8 Å². The lowest BCUT2D eigenvalue weighted by molar-refractivity contribution is 0.150. The van der Waals surface area contributed by atoms with Gasteiger partial charge in [-0.05, 0) is 57.6 Å². The molecule has 0 saturated carbocycles. The zero-order valence-corrected chi connectivity index (χ0v) is 12.9. The molecule has 0 fully saturated rings. The van der Waals surface area contributed by atoms with Crippen molar-refractivity contribution in [3.05, 3.63) is 46.3 Å². The third-order valence-corrected chi connectivity index (χ3v) is 5.45. The normalized spacial score (nSPS) is 30.8. The summed E-state index contributed by atoms with van der Waals surface area (Å²) in [5.41, 5.74) is 7.49. The van der Waals surface area contributed by atoms with Gasteiger partial charge < -0.3 is 4.74 Å². The van der Waals surface area contributed by atoms with E-state index in [1.54, 1.807) is 0 Å². The summed E-state index contributed by atoms with van der Waals surface area (Å²) in [5, 5.41) is 0. The van der Waals surface area contributed by atoms with Gasteiger partial charge in [-0.3, -0.25) is 0 Å². The fourth-order valence-electron chi connectivity index (χ4n) is 4.00. The fourth-order valence-corrected chi connectivity index (χ4v) is 4.00. The summed E-state index contributed by atoms with van der Waals surface area (Å²) in [6, 6.07) is 0. The minimum absolute atomic E-state index is 0.202. The van der Waals surface area contributed by atoms with E-state index in [9.17, 15) is 0 Å². The van der Waals surface area contributed by atoms with Crippen molar-refractivity contribution in [2.45, 2.75) is 41.5 Å². The molecule has 0 aromatic rings. The predicted octanol–water partition coefficient (Wildman–Crippen LogP) is 4.79. The summed E-state index contributed by atoms with van der Waals surface area (Å²) in [5.74, 6) is 0.620. The maximum Gasteiger partial charge on any atom is 0.113 e. The van der Waals surface area contributed by atoms with Gasteiger partial charge in [-0.2, -0.15) is 0 Å². The number of hydrogen-bond acceptors (Lipinski definition) is 1. The lowest BCUT2D eigenvalue weighted by Crippen LogP contribution is -2.38. The van der Waals surface area contributed by atoms with Gasteiger partial charge in [0.05, 0.1) is 6.26 Å². The van der Waals surface area contributed by atoms with Crippen molar-refractivity contribution in [2.75, 3.05) is 6.61 Å². The van der Waals surface area contributed by atoms with Crippen LogP contribution >= 0.6 is 0 Å². The molecule has 1 heterocycles. The first kappa shape index (κ1) is 12.8. The molecule has 0 bridgehead atoms. The molecule has 2 aliphatic carbocycles. The molecule has 1 heteroatoms. The van der Waals surface area contributed by atoms with Gasteiger partial charge in [0.1, 0.15) is 6.61 Å². The summed E-state index contributed by atoms with van der Waals surface area (Å²) >= 11 is 0. The van der Waals surface area contributed by atoms with Gasteiger partial charge in [0.25, 0.3) is 0 Å². The summed E-state index contributed by atoms with van der Waals surface area (Å²) < 4.78 is 5.56. The molecule has 1 unspecified atom stereocenters.